The largest absolute Gasteiger partial charge is 0.491 e. The number of benzene rings is 2. The number of rotatable bonds is 5. The second kappa shape index (κ2) is 6.69. The van der Waals surface area contributed by atoms with Crippen LogP contribution in [0.5, 0.6) is 5.75 Å². The average molecular weight is 336 g/mol. The third-order valence-electron chi connectivity index (χ3n) is 4.63. The van der Waals surface area contributed by atoms with E-state index in [0.717, 1.165) is 35.0 Å². The molecule has 0 bridgehead atoms. The highest BCUT2D eigenvalue weighted by Crippen LogP contribution is 2.29. The molecule has 4 rings (SSSR count). The summed E-state index contributed by atoms with van der Waals surface area (Å²) in [5.41, 5.74) is 3.63. The van der Waals surface area contributed by atoms with Gasteiger partial charge in [0.1, 0.15) is 18.5 Å². The maximum absolute atomic E-state index is 12.0. The number of carbonyl (C=O) groups excluding carboxylic acids is 1. The normalized spacial score (nSPS) is 15.2. The number of carbonyl (C=O) groups is 1. The van der Waals surface area contributed by atoms with Gasteiger partial charge in [-0.1, -0.05) is 24.3 Å². The zero-order valence-electron chi connectivity index (χ0n) is 13.9. The number of hydrogen-bond acceptors (Lipinski definition) is 4. The Hall–Kier alpha value is -2.66. The summed E-state index contributed by atoms with van der Waals surface area (Å²) in [6, 6.07) is 13.4. The molecule has 1 aliphatic rings. The van der Waals surface area contributed by atoms with Gasteiger partial charge in [0.05, 0.1) is 23.9 Å². The molecule has 5 nitrogen and oxygen atoms in total. The Labute approximate surface area is 145 Å². The first-order valence-electron chi connectivity index (χ1n) is 8.58. The summed E-state index contributed by atoms with van der Waals surface area (Å²) in [6.45, 7) is 0.589. The lowest BCUT2D eigenvalue weighted by Gasteiger charge is -2.20. The van der Waals surface area contributed by atoms with Crippen LogP contribution >= 0.6 is 0 Å². The quantitative estimate of drug-likeness (QED) is 0.778. The SMILES string of the molecule is O=C1CCCc2c(OC[C@@H](O)Cn3cnc4ccccc43)cccc21. The number of fused-ring (bicyclic) bond motifs is 2. The highest BCUT2D eigenvalue weighted by molar-refractivity contribution is 5.99. The predicted octanol–water partition coefficient (Wildman–Crippen LogP) is 3.00. The van der Waals surface area contributed by atoms with E-state index >= 15 is 0 Å². The summed E-state index contributed by atoms with van der Waals surface area (Å²) in [7, 11) is 0. The molecule has 2 aromatic carbocycles. The number of imidazole rings is 1. The van der Waals surface area contributed by atoms with Crippen molar-refractivity contribution < 1.29 is 14.6 Å². The Morgan fingerprint density at radius 2 is 2.04 bits per heavy atom. The van der Waals surface area contributed by atoms with Crippen molar-refractivity contribution in [2.45, 2.75) is 31.9 Å². The van der Waals surface area contributed by atoms with Gasteiger partial charge in [-0.15, -0.1) is 0 Å². The molecule has 1 atom stereocenters. The van der Waals surface area contributed by atoms with Crippen molar-refractivity contribution in [3.63, 3.8) is 0 Å². The number of para-hydroxylation sites is 2. The van der Waals surface area contributed by atoms with E-state index in [2.05, 4.69) is 4.98 Å². The minimum Gasteiger partial charge on any atom is -0.491 e. The van der Waals surface area contributed by atoms with E-state index in [1.54, 1.807) is 6.33 Å². The number of aromatic nitrogens is 2. The third kappa shape index (κ3) is 3.15. The average Bonchev–Trinajstić information content (AvgIpc) is 3.03. The van der Waals surface area contributed by atoms with Gasteiger partial charge in [0.15, 0.2) is 5.78 Å². The fourth-order valence-electron chi connectivity index (χ4n) is 3.40. The molecule has 0 saturated carbocycles. The maximum Gasteiger partial charge on any atom is 0.163 e. The molecule has 1 aliphatic carbocycles. The van der Waals surface area contributed by atoms with Gasteiger partial charge in [0, 0.05) is 17.5 Å². The zero-order chi connectivity index (χ0) is 17.2. The van der Waals surface area contributed by atoms with E-state index < -0.39 is 6.10 Å². The fraction of sp³-hybridized carbons (Fsp3) is 0.300. The number of aliphatic hydroxyl groups excluding tert-OH is 1. The molecule has 1 heterocycles. The van der Waals surface area contributed by atoms with E-state index in [4.69, 9.17) is 4.74 Å². The Morgan fingerprint density at radius 3 is 2.96 bits per heavy atom. The molecule has 1 aromatic heterocycles. The van der Waals surface area contributed by atoms with Crippen LogP contribution in [0, 0.1) is 0 Å². The molecule has 0 radical (unpaired) electrons. The van der Waals surface area contributed by atoms with Crippen LogP contribution in [-0.4, -0.2) is 33.2 Å². The predicted molar refractivity (Wildman–Crippen MR) is 94.9 cm³/mol. The first kappa shape index (κ1) is 15.8. The molecular formula is C20H20N2O3. The summed E-state index contributed by atoms with van der Waals surface area (Å²) in [6.07, 6.45) is 3.38. The molecule has 0 spiro atoms. The van der Waals surface area contributed by atoms with Gasteiger partial charge in [-0.3, -0.25) is 4.79 Å². The Bertz CT molecular complexity index is 916. The molecule has 0 fully saturated rings. The molecule has 25 heavy (non-hydrogen) atoms. The fourth-order valence-corrected chi connectivity index (χ4v) is 3.40. The van der Waals surface area contributed by atoms with Gasteiger partial charge in [-0.2, -0.15) is 0 Å². The summed E-state index contributed by atoms with van der Waals surface area (Å²) in [4.78, 5) is 16.3. The topological polar surface area (TPSA) is 64.3 Å². The van der Waals surface area contributed by atoms with Crippen LogP contribution in [0.2, 0.25) is 0 Å². The first-order chi connectivity index (χ1) is 12.2. The van der Waals surface area contributed by atoms with Crippen molar-refractivity contribution in [2.24, 2.45) is 0 Å². The number of aliphatic hydroxyl groups is 1. The van der Waals surface area contributed by atoms with Crippen LogP contribution < -0.4 is 4.74 Å². The van der Waals surface area contributed by atoms with Gasteiger partial charge < -0.3 is 14.4 Å². The van der Waals surface area contributed by atoms with E-state index in [1.165, 1.54) is 0 Å². The van der Waals surface area contributed by atoms with E-state index in [9.17, 15) is 9.90 Å². The second-order valence-electron chi connectivity index (χ2n) is 6.41. The van der Waals surface area contributed by atoms with Crippen molar-refractivity contribution in [3.05, 3.63) is 59.9 Å². The molecule has 0 saturated heterocycles. The number of Topliss-reactive ketones (excluding diaryl/α,β-unsaturated/α-hetero) is 1. The molecular weight excluding hydrogens is 316 g/mol. The van der Waals surface area contributed by atoms with Crippen LogP contribution in [0.3, 0.4) is 0 Å². The lowest BCUT2D eigenvalue weighted by Crippen LogP contribution is -2.24. The van der Waals surface area contributed by atoms with Crippen molar-refractivity contribution in [3.8, 4) is 5.75 Å². The number of ketones is 1. The lowest BCUT2D eigenvalue weighted by molar-refractivity contribution is 0.0919. The van der Waals surface area contributed by atoms with Gasteiger partial charge in [-0.25, -0.2) is 4.98 Å². The van der Waals surface area contributed by atoms with Crippen LogP contribution in [-0.2, 0) is 13.0 Å². The van der Waals surface area contributed by atoms with Crippen molar-refractivity contribution >= 4 is 16.8 Å². The molecule has 5 heteroatoms. The van der Waals surface area contributed by atoms with Gasteiger partial charge in [0.25, 0.3) is 0 Å². The smallest absolute Gasteiger partial charge is 0.163 e. The van der Waals surface area contributed by atoms with Gasteiger partial charge in [-0.05, 0) is 31.0 Å². The molecule has 0 aliphatic heterocycles. The highest BCUT2D eigenvalue weighted by atomic mass is 16.5. The standard InChI is InChI=1S/C20H20N2O3/c23-14(11-22-13-21-17-7-1-2-8-18(17)22)12-25-20-10-4-5-15-16(20)6-3-9-19(15)24/h1-2,4-5,7-8,10,13-14,23H,3,6,9,11-12H2/t14-/m0/s1. The van der Waals surface area contributed by atoms with Crippen molar-refractivity contribution in [2.75, 3.05) is 6.61 Å². The van der Waals surface area contributed by atoms with E-state index in [-0.39, 0.29) is 12.4 Å². The Balaban J connectivity index is 1.45. The lowest BCUT2D eigenvalue weighted by atomic mass is 9.90. The van der Waals surface area contributed by atoms with Crippen LogP contribution in [0.25, 0.3) is 11.0 Å². The number of ether oxygens (including phenoxy) is 1. The summed E-state index contributed by atoms with van der Waals surface area (Å²) >= 11 is 0. The summed E-state index contributed by atoms with van der Waals surface area (Å²) < 4.78 is 7.76. The number of hydrogen-bond donors (Lipinski definition) is 1. The zero-order valence-corrected chi connectivity index (χ0v) is 13.9. The van der Waals surface area contributed by atoms with Crippen molar-refractivity contribution in [1.82, 2.24) is 9.55 Å². The number of nitrogens with zero attached hydrogens (tertiary/aromatic N) is 2. The maximum atomic E-state index is 12.0. The van der Waals surface area contributed by atoms with E-state index in [0.29, 0.717) is 18.7 Å². The van der Waals surface area contributed by atoms with E-state index in [1.807, 2.05) is 47.0 Å². The summed E-state index contributed by atoms with van der Waals surface area (Å²) in [5, 5.41) is 10.4. The monoisotopic (exact) mass is 336 g/mol. The molecule has 128 valence electrons. The second-order valence-corrected chi connectivity index (χ2v) is 6.41. The first-order valence-corrected chi connectivity index (χ1v) is 8.58. The highest BCUT2D eigenvalue weighted by Gasteiger charge is 2.20. The van der Waals surface area contributed by atoms with Crippen LogP contribution in [0.15, 0.2) is 48.8 Å². The Kier molecular flexibility index (Phi) is 4.24. The molecule has 1 N–H and O–H groups in total. The summed E-state index contributed by atoms with van der Waals surface area (Å²) in [5.74, 6) is 0.886. The van der Waals surface area contributed by atoms with Gasteiger partial charge in [0.2, 0.25) is 0 Å². The molecule has 0 unspecified atom stereocenters. The Morgan fingerprint density at radius 1 is 1.16 bits per heavy atom. The molecule has 3 aromatic rings. The third-order valence-corrected chi connectivity index (χ3v) is 4.63. The minimum atomic E-state index is -0.659. The minimum absolute atomic E-state index is 0.178. The van der Waals surface area contributed by atoms with Crippen molar-refractivity contribution in [1.29, 1.82) is 0 Å². The van der Waals surface area contributed by atoms with Crippen LogP contribution in [0.1, 0.15) is 28.8 Å². The van der Waals surface area contributed by atoms with Crippen LogP contribution in [0.4, 0.5) is 0 Å². The molecule has 0 amide bonds. The van der Waals surface area contributed by atoms with Gasteiger partial charge >= 0.3 is 0 Å².